The molecule has 0 spiro atoms. The number of nitrogens with zero attached hydrogens (tertiary/aromatic N) is 1. The minimum absolute atomic E-state index is 0.254. The highest BCUT2D eigenvalue weighted by Gasteiger charge is 2.67. The summed E-state index contributed by atoms with van der Waals surface area (Å²) in [6.07, 6.45) is -0.256. The summed E-state index contributed by atoms with van der Waals surface area (Å²) in [6.45, 7) is 1.98. The van der Waals surface area contributed by atoms with Crippen molar-refractivity contribution in [3.05, 3.63) is 0 Å². The zero-order valence-corrected chi connectivity index (χ0v) is 9.58. The average Bonchev–Trinajstić information content (AvgIpc) is 2.65. The van der Waals surface area contributed by atoms with Crippen LogP contribution in [0.1, 0.15) is 6.92 Å². The standard InChI is InChI=1S/C10H14N2O5/c1-10-7(9(14)15-2)12-6(5(11)8(12)13)4(17-10)3-16-10/h4-7H,3,11H2,1-2H3/t4-,5-,6+,7-,10-/m1/s1. The molecular weight excluding hydrogens is 228 g/mol. The van der Waals surface area contributed by atoms with Crippen LogP contribution < -0.4 is 5.73 Å². The normalized spacial score (nSPS) is 47.5. The number of hydrogen-bond acceptors (Lipinski definition) is 6. The fourth-order valence-electron chi connectivity index (χ4n) is 2.89. The van der Waals surface area contributed by atoms with Crippen LogP contribution >= 0.6 is 0 Å². The maximum Gasteiger partial charge on any atom is 0.334 e. The quantitative estimate of drug-likeness (QED) is 0.431. The van der Waals surface area contributed by atoms with Crippen molar-refractivity contribution in [1.29, 1.82) is 0 Å². The molecule has 1 amide bonds. The maximum atomic E-state index is 11.8. The molecule has 7 nitrogen and oxygen atoms in total. The molecule has 3 aliphatic rings. The predicted molar refractivity (Wildman–Crippen MR) is 53.6 cm³/mol. The first kappa shape index (κ1) is 10.9. The van der Waals surface area contributed by atoms with Crippen molar-refractivity contribution in [3.63, 3.8) is 0 Å². The molecule has 3 heterocycles. The lowest BCUT2D eigenvalue weighted by Crippen LogP contribution is -2.81. The molecule has 0 aromatic heterocycles. The van der Waals surface area contributed by atoms with E-state index in [4.69, 9.17) is 19.9 Å². The zero-order chi connectivity index (χ0) is 12.4. The van der Waals surface area contributed by atoms with Gasteiger partial charge in [-0.1, -0.05) is 0 Å². The Morgan fingerprint density at radius 2 is 2.35 bits per heavy atom. The highest BCUT2D eigenvalue weighted by molar-refractivity contribution is 5.94. The number of carbonyl (C=O) groups excluding carboxylic acids is 2. The lowest BCUT2D eigenvalue weighted by molar-refractivity contribution is -0.256. The topological polar surface area (TPSA) is 91.1 Å². The van der Waals surface area contributed by atoms with E-state index in [1.54, 1.807) is 6.92 Å². The molecule has 3 rings (SSSR count). The van der Waals surface area contributed by atoms with Crippen LogP contribution in [0.4, 0.5) is 0 Å². The second kappa shape index (κ2) is 3.18. The van der Waals surface area contributed by atoms with Gasteiger partial charge in [0.25, 0.3) is 0 Å². The van der Waals surface area contributed by atoms with E-state index in [1.807, 2.05) is 0 Å². The van der Waals surface area contributed by atoms with Gasteiger partial charge < -0.3 is 24.8 Å². The van der Waals surface area contributed by atoms with Gasteiger partial charge in [0.1, 0.15) is 12.1 Å². The van der Waals surface area contributed by atoms with Crippen molar-refractivity contribution < 1.29 is 23.8 Å². The number of morpholine rings is 1. The number of methoxy groups -OCH3 is 1. The van der Waals surface area contributed by atoms with Crippen LogP contribution in [-0.4, -0.2) is 60.5 Å². The summed E-state index contributed by atoms with van der Waals surface area (Å²) in [4.78, 5) is 25.0. The number of fused-ring (bicyclic) bond motifs is 4. The van der Waals surface area contributed by atoms with E-state index in [0.29, 0.717) is 6.61 Å². The van der Waals surface area contributed by atoms with Gasteiger partial charge in [0.15, 0.2) is 11.8 Å². The zero-order valence-electron chi connectivity index (χ0n) is 9.58. The first-order chi connectivity index (χ1) is 7.99. The first-order valence-corrected chi connectivity index (χ1v) is 5.47. The third-order valence-electron chi connectivity index (χ3n) is 3.73. The van der Waals surface area contributed by atoms with Crippen molar-refractivity contribution in [2.24, 2.45) is 5.73 Å². The van der Waals surface area contributed by atoms with Crippen LogP contribution in [0.5, 0.6) is 0 Å². The van der Waals surface area contributed by atoms with Gasteiger partial charge in [-0.2, -0.15) is 0 Å². The van der Waals surface area contributed by atoms with E-state index in [-0.39, 0.29) is 18.1 Å². The largest absolute Gasteiger partial charge is 0.467 e. The summed E-state index contributed by atoms with van der Waals surface area (Å²) in [6, 6.07) is -1.77. The van der Waals surface area contributed by atoms with Crippen molar-refractivity contribution in [3.8, 4) is 0 Å². The van der Waals surface area contributed by atoms with E-state index >= 15 is 0 Å². The van der Waals surface area contributed by atoms with Crippen LogP contribution in [0.15, 0.2) is 0 Å². The summed E-state index contributed by atoms with van der Waals surface area (Å²) in [7, 11) is 1.27. The summed E-state index contributed by atoms with van der Waals surface area (Å²) < 4.78 is 15.9. The van der Waals surface area contributed by atoms with Gasteiger partial charge in [0, 0.05) is 0 Å². The summed E-state index contributed by atoms with van der Waals surface area (Å²) in [5.74, 6) is -1.92. The Morgan fingerprint density at radius 3 is 3.00 bits per heavy atom. The Morgan fingerprint density at radius 1 is 1.65 bits per heavy atom. The van der Waals surface area contributed by atoms with Crippen LogP contribution in [0.25, 0.3) is 0 Å². The number of β-lactam (4-membered cyclic amide) rings is 1. The molecule has 0 unspecified atom stereocenters. The molecular formula is C10H14N2O5. The number of esters is 1. The molecule has 3 fully saturated rings. The molecule has 3 saturated heterocycles. The van der Waals surface area contributed by atoms with Gasteiger partial charge in [0.2, 0.25) is 5.91 Å². The number of ether oxygens (including phenoxy) is 3. The van der Waals surface area contributed by atoms with E-state index in [1.165, 1.54) is 12.0 Å². The minimum Gasteiger partial charge on any atom is -0.467 e. The predicted octanol–water partition coefficient (Wildman–Crippen LogP) is -1.79. The number of hydrogen-bond donors (Lipinski definition) is 1. The third-order valence-corrected chi connectivity index (χ3v) is 3.73. The molecule has 17 heavy (non-hydrogen) atoms. The molecule has 0 saturated carbocycles. The first-order valence-electron chi connectivity index (χ1n) is 5.47. The molecule has 2 bridgehead atoms. The monoisotopic (exact) mass is 242 g/mol. The Labute approximate surface area is 97.8 Å². The van der Waals surface area contributed by atoms with E-state index in [2.05, 4.69) is 0 Å². The molecule has 0 aromatic rings. The van der Waals surface area contributed by atoms with Gasteiger partial charge in [-0.3, -0.25) is 4.79 Å². The molecule has 5 atom stereocenters. The highest BCUT2D eigenvalue weighted by atomic mass is 16.8. The summed E-state index contributed by atoms with van der Waals surface area (Å²) in [5, 5.41) is 0. The molecule has 7 heteroatoms. The van der Waals surface area contributed by atoms with Crippen LogP contribution in [0.2, 0.25) is 0 Å². The van der Waals surface area contributed by atoms with Crippen LogP contribution in [0, 0.1) is 0 Å². The fraction of sp³-hybridized carbons (Fsp3) is 0.800. The van der Waals surface area contributed by atoms with Gasteiger partial charge in [0.05, 0.1) is 19.8 Å². The molecule has 94 valence electrons. The Balaban J connectivity index is 1.99. The highest BCUT2D eigenvalue weighted by Crippen LogP contribution is 2.44. The van der Waals surface area contributed by atoms with E-state index in [9.17, 15) is 9.59 Å². The molecule has 0 aliphatic carbocycles. The number of carbonyl (C=O) groups is 2. The van der Waals surface area contributed by atoms with Gasteiger partial charge >= 0.3 is 5.97 Å². The maximum absolute atomic E-state index is 11.8. The minimum atomic E-state index is -1.12. The average molecular weight is 242 g/mol. The third kappa shape index (κ3) is 1.16. The van der Waals surface area contributed by atoms with Gasteiger partial charge in [-0.15, -0.1) is 0 Å². The SMILES string of the molecule is COC(=O)[C@H]1N2C(=O)[C@H](N)[C@@H]2[C@H]2CO[C@]1(C)O2. The number of amides is 1. The van der Waals surface area contributed by atoms with E-state index < -0.39 is 23.8 Å². The Hall–Kier alpha value is -1.18. The van der Waals surface area contributed by atoms with Crippen molar-refractivity contribution >= 4 is 11.9 Å². The molecule has 2 N–H and O–H groups in total. The van der Waals surface area contributed by atoms with E-state index in [0.717, 1.165) is 0 Å². The smallest absolute Gasteiger partial charge is 0.334 e. The lowest BCUT2D eigenvalue weighted by Gasteiger charge is -2.55. The van der Waals surface area contributed by atoms with Crippen molar-refractivity contribution in [2.75, 3.05) is 13.7 Å². The van der Waals surface area contributed by atoms with Crippen LogP contribution in [0.3, 0.4) is 0 Å². The summed E-state index contributed by atoms with van der Waals surface area (Å²) in [5.41, 5.74) is 5.73. The summed E-state index contributed by atoms with van der Waals surface area (Å²) >= 11 is 0. The lowest BCUT2D eigenvalue weighted by atomic mass is 9.85. The van der Waals surface area contributed by atoms with Crippen molar-refractivity contribution in [2.45, 2.75) is 36.9 Å². The molecule has 0 aromatic carbocycles. The molecule has 3 aliphatic heterocycles. The Kier molecular flexibility index (Phi) is 2.05. The second-order valence-corrected chi connectivity index (χ2v) is 4.67. The van der Waals surface area contributed by atoms with Crippen LogP contribution in [-0.2, 0) is 23.8 Å². The second-order valence-electron chi connectivity index (χ2n) is 4.67. The molecule has 0 radical (unpaired) electrons. The van der Waals surface area contributed by atoms with Crippen molar-refractivity contribution in [1.82, 2.24) is 4.90 Å². The fourth-order valence-corrected chi connectivity index (χ4v) is 2.89. The van der Waals surface area contributed by atoms with Gasteiger partial charge in [-0.25, -0.2) is 4.79 Å². The van der Waals surface area contributed by atoms with Gasteiger partial charge in [-0.05, 0) is 6.92 Å². The number of nitrogens with two attached hydrogens (primary N) is 1. The number of rotatable bonds is 1. The Bertz CT molecular complexity index is 400.